The molecule has 4 rings (SSSR count). The third-order valence-electron chi connectivity index (χ3n) is 6.22. The summed E-state index contributed by atoms with van der Waals surface area (Å²) in [6, 6.07) is 17.6. The molecule has 158 valence electrons. The van der Waals surface area contributed by atoms with Gasteiger partial charge in [-0.15, -0.1) is 0 Å². The SMILES string of the molecule is CCC[Si](CCC)=[Zr+2]([C]1=CC=CC1)[CH]1c2cc(C)ccc2-c2ccc(C)cc21.[Cl-].[Cl-]. The van der Waals surface area contributed by atoms with Gasteiger partial charge < -0.3 is 24.8 Å². The van der Waals surface area contributed by atoms with Crippen molar-refractivity contribution in [2.75, 3.05) is 0 Å². The molecule has 0 aromatic heterocycles. The molecule has 2 aromatic rings. The number of rotatable bonds is 6. The smallest absolute Gasteiger partial charge is 1.00 e. The van der Waals surface area contributed by atoms with Crippen molar-refractivity contribution >= 4 is 5.43 Å². The van der Waals surface area contributed by atoms with Gasteiger partial charge in [0.25, 0.3) is 0 Å². The van der Waals surface area contributed by atoms with Crippen LogP contribution in [0.3, 0.4) is 0 Å². The molecular formula is C26H32Cl2SiZr. The Bertz CT molecular complexity index is 945. The summed E-state index contributed by atoms with van der Waals surface area (Å²) in [6.07, 6.45) is 11.3. The Morgan fingerprint density at radius 3 is 1.83 bits per heavy atom. The molecule has 0 N–H and O–H groups in total. The van der Waals surface area contributed by atoms with Crippen LogP contribution in [0.15, 0.2) is 57.9 Å². The Labute approximate surface area is 203 Å². The number of allylic oxidation sites excluding steroid dienone is 4. The molecular weight excluding hydrogens is 503 g/mol. The summed E-state index contributed by atoms with van der Waals surface area (Å²) in [5.41, 5.74) is 9.00. The van der Waals surface area contributed by atoms with Crippen molar-refractivity contribution in [3.8, 4) is 11.1 Å². The fourth-order valence-electron chi connectivity index (χ4n) is 5.07. The van der Waals surface area contributed by atoms with Crippen molar-refractivity contribution in [2.24, 2.45) is 0 Å². The molecule has 2 aromatic carbocycles. The molecule has 4 heteroatoms. The molecule has 0 atom stereocenters. The Morgan fingerprint density at radius 2 is 1.40 bits per heavy atom. The summed E-state index contributed by atoms with van der Waals surface area (Å²) in [7, 11) is 0. The average molecular weight is 535 g/mol. The zero-order valence-corrected chi connectivity index (χ0v) is 23.5. The molecule has 0 heterocycles. The van der Waals surface area contributed by atoms with Crippen LogP contribution >= 0.6 is 0 Å². The summed E-state index contributed by atoms with van der Waals surface area (Å²) in [5, 5.41) is 0. The molecule has 0 amide bonds. The Hall–Kier alpha value is -0.400. The molecule has 2 aliphatic carbocycles. The minimum atomic E-state index is -1.86. The number of aryl methyl sites for hydroxylation is 2. The van der Waals surface area contributed by atoms with E-state index in [1.165, 1.54) is 53.6 Å². The minimum Gasteiger partial charge on any atom is -1.00 e. The van der Waals surface area contributed by atoms with Crippen LogP contribution < -0.4 is 24.8 Å². The van der Waals surface area contributed by atoms with E-state index < -0.39 is 20.4 Å². The second-order valence-corrected chi connectivity index (χ2v) is 24.1. The van der Waals surface area contributed by atoms with Crippen LogP contribution in [-0.2, 0) is 20.4 Å². The van der Waals surface area contributed by atoms with E-state index in [0.717, 1.165) is 3.63 Å². The third kappa shape index (κ3) is 4.98. The van der Waals surface area contributed by atoms with E-state index >= 15 is 0 Å². The monoisotopic (exact) mass is 532 g/mol. The minimum absolute atomic E-state index is 0. The molecule has 30 heavy (non-hydrogen) atoms. The zero-order valence-electron chi connectivity index (χ0n) is 18.6. The van der Waals surface area contributed by atoms with Crippen molar-refractivity contribution < 1.29 is 45.2 Å². The van der Waals surface area contributed by atoms with Crippen LogP contribution in [0.4, 0.5) is 0 Å². The van der Waals surface area contributed by atoms with Gasteiger partial charge in [-0.1, -0.05) is 0 Å². The molecule has 0 nitrogen and oxygen atoms in total. The molecule has 0 bridgehead atoms. The number of halogens is 2. The maximum absolute atomic E-state index is 2.54. The van der Waals surface area contributed by atoms with Gasteiger partial charge in [-0.3, -0.25) is 0 Å². The third-order valence-corrected chi connectivity index (χ3v) is 27.7. The predicted molar refractivity (Wildman–Crippen MR) is 121 cm³/mol. The molecule has 0 fully saturated rings. The van der Waals surface area contributed by atoms with Gasteiger partial charge in [0.1, 0.15) is 0 Å². The zero-order chi connectivity index (χ0) is 19.7. The van der Waals surface area contributed by atoms with Crippen molar-refractivity contribution in [1.82, 2.24) is 0 Å². The molecule has 0 saturated carbocycles. The second kappa shape index (κ2) is 11.5. The number of benzene rings is 2. The van der Waals surface area contributed by atoms with Crippen LogP contribution in [0.1, 0.15) is 59.0 Å². The van der Waals surface area contributed by atoms with Crippen LogP contribution in [0.2, 0.25) is 12.1 Å². The van der Waals surface area contributed by atoms with Gasteiger partial charge in [0, 0.05) is 0 Å². The topological polar surface area (TPSA) is 0 Å². The fraction of sp³-hybridized carbons (Fsp3) is 0.385. The average Bonchev–Trinajstić information content (AvgIpc) is 3.30. The first-order chi connectivity index (χ1) is 13.6. The van der Waals surface area contributed by atoms with Crippen molar-refractivity contribution in [3.05, 3.63) is 80.2 Å². The number of fused-ring (bicyclic) bond motifs is 3. The van der Waals surface area contributed by atoms with Crippen molar-refractivity contribution in [2.45, 2.75) is 62.7 Å². The quantitative estimate of drug-likeness (QED) is 0.495. The van der Waals surface area contributed by atoms with E-state index in [-0.39, 0.29) is 30.2 Å². The van der Waals surface area contributed by atoms with Crippen molar-refractivity contribution in [3.63, 3.8) is 0 Å². The molecule has 2 aliphatic rings. The van der Waals surface area contributed by atoms with E-state index in [0.29, 0.717) is 0 Å². The first-order valence-electron chi connectivity index (χ1n) is 10.9. The largest absolute Gasteiger partial charge is 1.00 e. The van der Waals surface area contributed by atoms with Gasteiger partial charge in [0.05, 0.1) is 0 Å². The van der Waals surface area contributed by atoms with Gasteiger partial charge in [-0.25, -0.2) is 0 Å². The number of hydrogen-bond acceptors (Lipinski definition) is 0. The maximum atomic E-state index is 2.54. The normalized spacial score (nSPS) is 13.5. The Morgan fingerprint density at radius 1 is 0.867 bits per heavy atom. The van der Waals surface area contributed by atoms with E-state index in [1.807, 2.05) is 3.28 Å². The maximum Gasteiger partial charge on any atom is -1.00 e. The van der Waals surface area contributed by atoms with Crippen LogP contribution in [0, 0.1) is 13.8 Å². The summed E-state index contributed by atoms with van der Waals surface area (Å²) < 4.78 is 2.63. The summed E-state index contributed by atoms with van der Waals surface area (Å²) >= 11 is -1.86. The van der Waals surface area contributed by atoms with Crippen LogP contribution in [-0.4, -0.2) is 5.43 Å². The number of hydrogen-bond donors (Lipinski definition) is 0. The van der Waals surface area contributed by atoms with Gasteiger partial charge in [-0.2, -0.15) is 0 Å². The first kappa shape index (κ1) is 25.9. The fourth-order valence-corrected chi connectivity index (χ4v) is 30.0. The van der Waals surface area contributed by atoms with E-state index in [9.17, 15) is 0 Å². The van der Waals surface area contributed by atoms with Crippen molar-refractivity contribution in [1.29, 1.82) is 0 Å². The van der Waals surface area contributed by atoms with Gasteiger partial charge in [0.2, 0.25) is 0 Å². The Kier molecular flexibility index (Phi) is 9.88. The van der Waals surface area contributed by atoms with E-state index in [4.69, 9.17) is 0 Å². The van der Waals surface area contributed by atoms with Crippen LogP contribution in [0.5, 0.6) is 0 Å². The molecule has 0 radical (unpaired) electrons. The molecule has 0 unspecified atom stereocenters. The summed E-state index contributed by atoms with van der Waals surface area (Å²) in [5.74, 6) is 0. The second-order valence-electron chi connectivity index (χ2n) is 8.46. The predicted octanol–water partition coefficient (Wildman–Crippen LogP) is 1.65. The van der Waals surface area contributed by atoms with E-state index in [1.54, 1.807) is 11.1 Å². The molecule has 0 aliphatic heterocycles. The molecule has 0 saturated heterocycles. The van der Waals surface area contributed by atoms with Gasteiger partial charge in [-0.05, 0) is 0 Å². The summed E-state index contributed by atoms with van der Waals surface area (Å²) in [6.45, 7) is 9.37. The standard InChI is InChI=1S/C15H13.C6H14Si.C5H5.2ClH.Zr/c1-10-3-5-14-12(7-10)9-13-8-11(2)4-6-15(13)14;1-3-5-7-6-4-2;1-2-4-5-3-1;;;/h3-9H,1-2H3;3-6H2,1-2H3;1-3H,4H2;2*1H;/q;;;;;+2/p-2. The van der Waals surface area contributed by atoms with Gasteiger partial charge in [0.15, 0.2) is 0 Å². The van der Waals surface area contributed by atoms with E-state index in [2.05, 4.69) is 82.3 Å². The first-order valence-corrected chi connectivity index (χ1v) is 19.2. The summed E-state index contributed by atoms with van der Waals surface area (Å²) in [4.78, 5) is 0. The Balaban J connectivity index is 0.00000160. The molecule has 0 spiro atoms. The van der Waals surface area contributed by atoms with Gasteiger partial charge >= 0.3 is 180 Å². The van der Waals surface area contributed by atoms with Crippen LogP contribution in [0.25, 0.3) is 11.1 Å².